The predicted octanol–water partition coefficient (Wildman–Crippen LogP) is 0.719. The smallest absolute Gasteiger partial charge is 0.316 e. The van der Waals surface area contributed by atoms with Gasteiger partial charge in [0.2, 0.25) is 5.91 Å². The van der Waals surface area contributed by atoms with Crippen LogP contribution in [0.25, 0.3) is 0 Å². The van der Waals surface area contributed by atoms with Gasteiger partial charge in [-0.3, -0.25) is 9.36 Å². The number of amides is 1. The normalized spacial score (nSPS) is 17.4. The van der Waals surface area contributed by atoms with Crippen LogP contribution < -0.4 is 16.3 Å². The van der Waals surface area contributed by atoms with Crippen LogP contribution >= 0.6 is 11.8 Å². The highest BCUT2D eigenvalue weighted by Crippen LogP contribution is 2.37. The third-order valence-corrected chi connectivity index (χ3v) is 4.53. The minimum Gasteiger partial charge on any atom is -0.316 e. The van der Waals surface area contributed by atoms with Crippen molar-refractivity contribution in [1.82, 2.24) is 14.8 Å². The number of aromatic amines is 1. The Balaban J connectivity index is 1.95. The maximum Gasteiger partial charge on any atom is 0.343 e. The second-order valence-corrected chi connectivity index (χ2v) is 5.79. The number of nitrogens with zero attached hydrogens (tertiary/aromatic N) is 3. The SMILES string of the molecule is CCn1c(Sc2ccc3c(c2)N(C)C(=O)C3N)n[nH]c1=O. The topological polar surface area (TPSA) is 97.0 Å². The molecule has 1 atom stereocenters. The van der Waals surface area contributed by atoms with Crippen molar-refractivity contribution in [3.05, 3.63) is 34.2 Å². The quantitative estimate of drug-likeness (QED) is 0.871. The highest BCUT2D eigenvalue weighted by Gasteiger charge is 2.32. The lowest BCUT2D eigenvalue weighted by Gasteiger charge is -2.11. The average Bonchev–Trinajstić information content (AvgIpc) is 2.93. The first kappa shape index (κ1) is 13.9. The van der Waals surface area contributed by atoms with E-state index in [1.807, 2.05) is 25.1 Å². The molecule has 1 amide bonds. The number of nitrogens with one attached hydrogen (secondary N) is 1. The van der Waals surface area contributed by atoms with Gasteiger partial charge >= 0.3 is 5.69 Å². The third-order valence-electron chi connectivity index (χ3n) is 3.54. The third kappa shape index (κ3) is 2.16. The molecule has 2 heterocycles. The molecule has 1 aliphatic heterocycles. The Hall–Kier alpha value is -2.06. The zero-order valence-electron chi connectivity index (χ0n) is 11.7. The zero-order valence-corrected chi connectivity index (χ0v) is 12.5. The van der Waals surface area contributed by atoms with Gasteiger partial charge in [0.1, 0.15) is 6.04 Å². The summed E-state index contributed by atoms with van der Waals surface area (Å²) in [5.74, 6) is -0.114. The molecule has 0 aliphatic carbocycles. The van der Waals surface area contributed by atoms with Gasteiger partial charge in [-0.05, 0) is 30.8 Å². The Labute approximate surface area is 125 Å². The number of carbonyl (C=O) groups is 1. The second kappa shape index (κ2) is 5.05. The van der Waals surface area contributed by atoms with Crippen LogP contribution in [0.3, 0.4) is 0 Å². The lowest BCUT2D eigenvalue weighted by molar-refractivity contribution is -0.118. The Kier molecular flexibility index (Phi) is 3.34. The average molecular weight is 305 g/mol. The number of hydrogen-bond donors (Lipinski definition) is 2. The van der Waals surface area contributed by atoms with Crippen molar-refractivity contribution in [3.8, 4) is 0 Å². The summed E-state index contributed by atoms with van der Waals surface area (Å²) in [6.45, 7) is 2.43. The van der Waals surface area contributed by atoms with E-state index in [4.69, 9.17) is 5.73 Å². The number of aromatic nitrogens is 3. The molecule has 7 nitrogen and oxygen atoms in total. The molecule has 21 heavy (non-hydrogen) atoms. The zero-order chi connectivity index (χ0) is 15.1. The summed E-state index contributed by atoms with van der Waals surface area (Å²) in [5.41, 5.74) is 7.27. The van der Waals surface area contributed by atoms with Crippen LogP contribution in [-0.2, 0) is 11.3 Å². The van der Waals surface area contributed by atoms with Crippen LogP contribution in [0, 0.1) is 0 Å². The fourth-order valence-corrected chi connectivity index (χ4v) is 3.30. The predicted molar refractivity (Wildman–Crippen MR) is 79.4 cm³/mol. The fraction of sp³-hybridized carbons (Fsp3) is 0.308. The van der Waals surface area contributed by atoms with Crippen molar-refractivity contribution in [2.45, 2.75) is 29.6 Å². The summed E-state index contributed by atoms with van der Waals surface area (Å²) >= 11 is 1.37. The van der Waals surface area contributed by atoms with Crippen molar-refractivity contribution in [1.29, 1.82) is 0 Å². The molecular weight excluding hydrogens is 290 g/mol. The molecule has 0 saturated carbocycles. The molecule has 0 radical (unpaired) electrons. The van der Waals surface area contributed by atoms with Gasteiger partial charge in [-0.15, -0.1) is 5.10 Å². The molecule has 3 rings (SSSR count). The number of rotatable bonds is 3. The number of carbonyl (C=O) groups excluding carboxylic acids is 1. The van der Waals surface area contributed by atoms with Crippen molar-refractivity contribution >= 4 is 23.4 Å². The van der Waals surface area contributed by atoms with Crippen LogP contribution in [0.15, 0.2) is 33.0 Å². The standard InChI is InChI=1S/C13H15N5O2S/c1-3-18-12(20)15-16-13(18)21-7-4-5-8-9(6-7)17(2)11(19)10(8)14/h4-6,10H,3,14H2,1-2H3,(H,15,20). The van der Waals surface area contributed by atoms with E-state index in [0.29, 0.717) is 11.7 Å². The maximum absolute atomic E-state index is 11.9. The van der Waals surface area contributed by atoms with Crippen LogP contribution in [0.2, 0.25) is 0 Å². The molecule has 3 N–H and O–H groups in total. The van der Waals surface area contributed by atoms with Gasteiger partial charge < -0.3 is 10.6 Å². The first-order valence-electron chi connectivity index (χ1n) is 6.53. The Morgan fingerprint density at radius 2 is 2.19 bits per heavy atom. The monoisotopic (exact) mass is 305 g/mol. The molecule has 0 spiro atoms. The minimum atomic E-state index is -0.594. The molecule has 0 saturated heterocycles. The molecule has 1 aromatic heterocycles. The van der Waals surface area contributed by atoms with Crippen LogP contribution in [0.4, 0.5) is 5.69 Å². The molecule has 8 heteroatoms. The minimum absolute atomic E-state index is 0.114. The summed E-state index contributed by atoms with van der Waals surface area (Å²) in [4.78, 5) is 25.9. The van der Waals surface area contributed by atoms with Gasteiger partial charge in [-0.25, -0.2) is 9.89 Å². The number of hydrogen-bond acceptors (Lipinski definition) is 5. The number of anilines is 1. The van der Waals surface area contributed by atoms with Crippen LogP contribution in [-0.4, -0.2) is 27.7 Å². The van der Waals surface area contributed by atoms with Crippen LogP contribution in [0.1, 0.15) is 18.5 Å². The van der Waals surface area contributed by atoms with Gasteiger partial charge in [0.05, 0.1) is 0 Å². The van der Waals surface area contributed by atoms with Crippen molar-refractivity contribution in [2.24, 2.45) is 5.73 Å². The summed E-state index contributed by atoms with van der Waals surface area (Å²) in [6.07, 6.45) is 0. The Bertz CT molecular complexity index is 766. The molecule has 1 aliphatic rings. The van der Waals surface area contributed by atoms with Crippen LogP contribution in [0.5, 0.6) is 0 Å². The van der Waals surface area contributed by atoms with Crippen molar-refractivity contribution in [2.75, 3.05) is 11.9 Å². The van der Waals surface area contributed by atoms with Gasteiger partial charge in [0.15, 0.2) is 5.16 Å². The number of fused-ring (bicyclic) bond motifs is 1. The first-order valence-corrected chi connectivity index (χ1v) is 7.34. The number of H-pyrrole nitrogens is 1. The molecule has 0 fully saturated rings. The maximum atomic E-state index is 11.9. The summed E-state index contributed by atoms with van der Waals surface area (Å²) < 4.78 is 1.55. The van der Waals surface area contributed by atoms with E-state index in [-0.39, 0.29) is 11.6 Å². The molecule has 0 bridgehead atoms. The van der Waals surface area contributed by atoms with E-state index in [9.17, 15) is 9.59 Å². The Morgan fingerprint density at radius 1 is 1.43 bits per heavy atom. The molecule has 1 unspecified atom stereocenters. The lowest BCUT2D eigenvalue weighted by Crippen LogP contribution is -2.27. The van der Waals surface area contributed by atoms with Gasteiger partial charge in [0, 0.05) is 29.7 Å². The summed E-state index contributed by atoms with van der Waals surface area (Å²) in [7, 11) is 1.71. The van der Waals surface area contributed by atoms with E-state index in [1.165, 1.54) is 11.8 Å². The molecule has 110 valence electrons. The highest BCUT2D eigenvalue weighted by molar-refractivity contribution is 7.99. The Morgan fingerprint density at radius 3 is 2.90 bits per heavy atom. The van der Waals surface area contributed by atoms with Gasteiger partial charge in [0.25, 0.3) is 0 Å². The van der Waals surface area contributed by atoms with Gasteiger partial charge in [-0.2, -0.15) is 0 Å². The largest absolute Gasteiger partial charge is 0.343 e. The summed E-state index contributed by atoms with van der Waals surface area (Å²) in [5, 5.41) is 7.04. The summed E-state index contributed by atoms with van der Waals surface area (Å²) in [6, 6.07) is 5.03. The number of benzene rings is 1. The second-order valence-electron chi connectivity index (χ2n) is 4.75. The van der Waals surface area contributed by atoms with E-state index >= 15 is 0 Å². The molecular formula is C13H15N5O2S. The number of likely N-dealkylation sites (N-methyl/N-ethyl adjacent to an activating group) is 1. The highest BCUT2D eigenvalue weighted by atomic mass is 32.2. The van der Waals surface area contributed by atoms with E-state index in [1.54, 1.807) is 16.5 Å². The van der Waals surface area contributed by atoms with Crippen molar-refractivity contribution in [3.63, 3.8) is 0 Å². The molecule has 2 aromatic rings. The van der Waals surface area contributed by atoms with Gasteiger partial charge in [-0.1, -0.05) is 6.07 Å². The van der Waals surface area contributed by atoms with E-state index in [0.717, 1.165) is 16.1 Å². The lowest BCUT2D eigenvalue weighted by atomic mass is 10.1. The fourth-order valence-electron chi connectivity index (χ4n) is 2.37. The number of nitrogens with two attached hydrogens (primary N) is 1. The van der Waals surface area contributed by atoms with Crippen molar-refractivity contribution < 1.29 is 4.79 Å². The first-order chi connectivity index (χ1) is 10.0. The van der Waals surface area contributed by atoms with E-state index in [2.05, 4.69) is 10.2 Å². The molecule has 1 aromatic carbocycles. The van der Waals surface area contributed by atoms with E-state index < -0.39 is 6.04 Å².